The molecular formula is C15H15NO2. The van der Waals surface area contributed by atoms with Crippen molar-refractivity contribution in [2.45, 2.75) is 19.4 Å². The van der Waals surface area contributed by atoms with Crippen LogP contribution >= 0.6 is 0 Å². The minimum absolute atomic E-state index is 0.189. The summed E-state index contributed by atoms with van der Waals surface area (Å²) >= 11 is 0. The van der Waals surface area contributed by atoms with Gasteiger partial charge in [-0.3, -0.25) is 4.79 Å². The zero-order chi connectivity index (χ0) is 12.4. The number of rotatable bonds is 4. The molecule has 0 spiro atoms. The average molecular weight is 241 g/mol. The molecule has 1 heterocycles. The molecule has 1 aliphatic rings. The van der Waals surface area contributed by atoms with Crippen LogP contribution < -0.4 is 5.32 Å². The van der Waals surface area contributed by atoms with Crippen LogP contribution in [0, 0.1) is 5.92 Å². The van der Waals surface area contributed by atoms with Crippen LogP contribution in [0.25, 0.3) is 11.1 Å². The largest absolute Gasteiger partial charge is 0.472 e. The summed E-state index contributed by atoms with van der Waals surface area (Å²) in [4.78, 5) is 11.5. The third kappa shape index (κ3) is 2.45. The van der Waals surface area contributed by atoms with Crippen LogP contribution in [0.5, 0.6) is 0 Å². The molecule has 1 amide bonds. The minimum atomic E-state index is 0.189. The Hall–Kier alpha value is -2.03. The van der Waals surface area contributed by atoms with Gasteiger partial charge in [-0.15, -0.1) is 0 Å². The smallest absolute Gasteiger partial charge is 0.223 e. The lowest BCUT2D eigenvalue weighted by atomic mass is 10.1. The number of benzene rings is 1. The third-order valence-electron chi connectivity index (χ3n) is 3.22. The van der Waals surface area contributed by atoms with E-state index in [9.17, 15) is 4.79 Å². The highest BCUT2D eigenvalue weighted by Gasteiger charge is 2.29. The first kappa shape index (κ1) is 11.1. The number of hydrogen-bond acceptors (Lipinski definition) is 2. The maximum absolute atomic E-state index is 11.5. The van der Waals surface area contributed by atoms with E-state index in [-0.39, 0.29) is 11.8 Å². The molecule has 1 saturated carbocycles. The molecule has 0 aliphatic heterocycles. The molecule has 1 aliphatic carbocycles. The Morgan fingerprint density at radius 3 is 2.56 bits per heavy atom. The van der Waals surface area contributed by atoms with Crippen molar-refractivity contribution in [2.24, 2.45) is 5.92 Å². The predicted molar refractivity (Wildman–Crippen MR) is 68.7 cm³/mol. The minimum Gasteiger partial charge on any atom is -0.472 e. The Bertz CT molecular complexity index is 524. The average Bonchev–Trinajstić information content (AvgIpc) is 3.12. The standard InChI is InChI=1S/C15H15NO2/c17-15(13-5-6-13)16-9-11-1-3-12(4-2-11)14-7-8-18-10-14/h1-4,7-8,10,13H,5-6,9H2,(H,16,17). The maximum atomic E-state index is 11.5. The van der Waals surface area contributed by atoms with Crippen LogP contribution in [0.2, 0.25) is 0 Å². The first-order valence-electron chi connectivity index (χ1n) is 6.22. The van der Waals surface area contributed by atoms with Gasteiger partial charge in [-0.05, 0) is 30.0 Å². The molecule has 1 fully saturated rings. The molecule has 1 aromatic heterocycles. The second kappa shape index (κ2) is 4.69. The Kier molecular flexibility index (Phi) is 2.89. The Morgan fingerprint density at radius 2 is 1.94 bits per heavy atom. The lowest BCUT2D eigenvalue weighted by molar-refractivity contribution is -0.122. The summed E-state index contributed by atoms with van der Waals surface area (Å²) in [5.74, 6) is 0.462. The molecule has 3 rings (SSSR count). The Morgan fingerprint density at radius 1 is 1.17 bits per heavy atom. The highest BCUT2D eigenvalue weighted by Crippen LogP contribution is 2.28. The zero-order valence-corrected chi connectivity index (χ0v) is 10.1. The summed E-state index contributed by atoms with van der Waals surface area (Å²) in [6, 6.07) is 10.1. The number of hydrogen-bond donors (Lipinski definition) is 1. The van der Waals surface area contributed by atoms with E-state index in [1.165, 1.54) is 0 Å². The normalized spacial score (nSPS) is 14.4. The predicted octanol–water partition coefficient (Wildman–Crippen LogP) is 2.97. The van der Waals surface area contributed by atoms with Crippen molar-refractivity contribution in [3.63, 3.8) is 0 Å². The van der Waals surface area contributed by atoms with Gasteiger partial charge >= 0.3 is 0 Å². The van der Waals surface area contributed by atoms with Gasteiger partial charge in [0.2, 0.25) is 5.91 Å². The van der Waals surface area contributed by atoms with E-state index in [2.05, 4.69) is 5.32 Å². The summed E-state index contributed by atoms with van der Waals surface area (Å²) in [7, 11) is 0. The van der Waals surface area contributed by atoms with Crippen molar-refractivity contribution in [3.8, 4) is 11.1 Å². The highest BCUT2D eigenvalue weighted by atomic mass is 16.3. The molecule has 0 atom stereocenters. The van der Waals surface area contributed by atoms with Gasteiger partial charge in [0.25, 0.3) is 0 Å². The number of carbonyl (C=O) groups excluding carboxylic acids is 1. The van der Waals surface area contributed by atoms with E-state index in [1.54, 1.807) is 12.5 Å². The van der Waals surface area contributed by atoms with Crippen LogP contribution in [0.4, 0.5) is 0 Å². The molecule has 1 N–H and O–H groups in total. The number of amides is 1. The zero-order valence-electron chi connectivity index (χ0n) is 10.1. The molecule has 0 unspecified atom stereocenters. The lowest BCUT2D eigenvalue weighted by Gasteiger charge is -2.05. The summed E-state index contributed by atoms with van der Waals surface area (Å²) < 4.78 is 5.05. The summed E-state index contributed by atoms with van der Waals surface area (Å²) in [6.07, 6.45) is 5.49. The van der Waals surface area contributed by atoms with Crippen LogP contribution in [-0.4, -0.2) is 5.91 Å². The van der Waals surface area contributed by atoms with Crippen molar-refractivity contribution in [1.82, 2.24) is 5.32 Å². The molecule has 92 valence electrons. The summed E-state index contributed by atoms with van der Waals surface area (Å²) in [5, 5.41) is 2.96. The van der Waals surface area contributed by atoms with Crippen LogP contribution in [-0.2, 0) is 11.3 Å². The first-order valence-corrected chi connectivity index (χ1v) is 6.22. The first-order chi connectivity index (χ1) is 8.83. The fourth-order valence-electron chi connectivity index (χ4n) is 1.92. The molecule has 0 radical (unpaired) electrons. The maximum Gasteiger partial charge on any atom is 0.223 e. The van der Waals surface area contributed by atoms with Crippen molar-refractivity contribution < 1.29 is 9.21 Å². The number of furan rings is 1. The third-order valence-corrected chi connectivity index (χ3v) is 3.22. The number of carbonyl (C=O) groups is 1. The molecular weight excluding hydrogens is 226 g/mol. The molecule has 0 bridgehead atoms. The number of nitrogens with one attached hydrogen (secondary N) is 1. The molecule has 3 heteroatoms. The van der Waals surface area contributed by atoms with Gasteiger partial charge in [0.05, 0.1) is 12.5 Å². The van der Waals surface area contributed by atoms with Gasteiger partial charge in [-0.25, -0.2) is 0 Å². The van der Waals surface area contributed by atoms with E-state index in [0.29, 0.717) is 6.54 Å². The van der Waals surface area contributed by atoms with E-state index >= 15 is 0 Å². The van der Waals surface area contributed by atoms with Gasteiger partial charge in [0, 0.05) is 18.0 Å². The summed E-state index contributed by atoms with van der Waals surface area (Å²) in [5.41, 5.74) is 3.32. The second-order valence-corrected chi connectivity index (χ2v) is 4.70. The monoisotopic (exact) mass is 241 g/mol. The SMILES string of the molecule is O=C(NCc1ccc(-c2ccoc2)cc1)C1CC1. The molecule has 3 nitrogen and oxygen atoms in total. The van der Waals surface area contributed by atoms with E-state index < -0.39 is 0 Å². The Labute approximate surface area is 106 Å². The van der Waals surface area contributed by atoms with Gasteiger partial charge in [0.15, 0.2) is 0 Å². The Balaban J connectivity index is 1.62. The van der Waals surface area contributed by atoms with Gasteiger partial charge in [-0.2, -0.15) is 0 Å². The van der Waals surface area contributed by atoms with Gasteiger partial charge in [-0.1, -0.05) is 24.3 Å². The van der Waals surface area contributed by atoms with Crippen molar-refractivity contribution in [2.75, 3.05) is 0 Å². The lowest BCUT2D eigenvalue weighted by Crippen LogP contribution is -2.24. The van der Waals surface area contributed by atoms with E-state index in [0.717, 1.165) is 29.5 Å². The van der Waals surface area contributed by atoms with Crippen molar-refractivity contribution in [3.05, 3.63) is 48.4 Å². The van der Waals surface area contributed by atoms with E-state index in [1.807, 2.05) is 30.3 Å². The highest BCUT2D eigenvalue weighted by molar-refractivity contribution is 5.80. The van der Waals surface area contributed by atoms with E-state index in [4.69, 9.17) is 4.42 Å². The summed E-state index contributed by atoms with van der Waals surface area (Å²) in [6.45, 7) is 0.612. The molecule has 2 aromatic rings. The molecule has 1 aromatic carbocycles. The molecule has 0 saturated heterocycles. The van der Waals surface area contributed by atoms with Gasteiger partial charge in [0.1, 0.15) is 0 Å². The topological polar surface area (TPSA) is 42.2 Å². The van der Waals surface area contributed by atoms with Gasteiger partial charge < -0.3 is 9.73 Å². The van der Waals surface area contributed by atoms with Crippen LogP contribution in [0.3, 0.4) is 0 Å². The quantitative estimate of drug-likeness (QED) is 0.894. The fraction of sp³-hybridized carbons (Fsp3) is 0.267. The van der Waals surface area contributed by atoms with Crippen molar-refractivity contribution in [1.29, 1.82) is 0 Å². The van der Waals surface area contributed by atoms with Crippen LogP contribution in [0.15, 0.2) is 47.3 Å². The molecule has 18 heavy (non-hydrogen) atoms. The fourth-order valence-corrected chi connectivity index (χ4v) is 1.92. The van der Waals surface area contributed by atoms with Crippen molar-refractivity contribution >= 4 is 5.91 Å². The van der Waals surface area contributed by atoms with Crippen LogP contribution in [0.1, 0.15) is 18.4 Å². The second-order valence-electron chi connectivity index (χ2n) is 4.70.